The van der Waals surface area contributed by atoms with Crippen molar-refractivity contribution in [3.63, 3.8) is 0 Å². The number of aliphatic imine (C=N–C) groups is 1. The minimum Gasteiger partial charge on any atom is -0.497 e. The Morgan fingerprint density at radius 1 is 1.16 bits per heavy atom. The lowest BCUT2D eigenvalue weighted by Crippen LogP contribution is -2.48. The third kappa shape index (κ3) is 7.60. The Bertz CT molecular complexity index is 820. The smallest absolute Gasteiger partial charge is 0.191 e. The Morgan fingerprint density at radius 2 is 1.84 bits per heavy atom. The van der Waals surface area contributed by atoms with Crippen LogP contribution in [0.2, 0.25) is 5.15 Å². The molecule has 1 aromatic carbocycles. The Hall–Kier alpha value is -1.94. The largest absolute Gasteiger partial charge is 0.497 e. The normalized spacial score (nSPS) is 14.6. The molecule has 1 aliphatic rings. The second kappa shape index (κ2) is 12.8. The van der Waals surface area contributed by atoms with Crippen molar-refractivity contribution in [2.75, 3.05) is 38.8 Å². The molecule has 0 bridgehead atoms. The number of benzene rings is 1. The highest BCUT2D eigenvalue weighted by molar-refractivity contribution is 14.0. The number of aromatic nitrogens is 1. The number of rotatable bonds is 7. The van der Waals surface area contributed by atoms with E-state index in [2.05, 4.69) is 39.6 Å². The molecule has 2 N–H and O–H groups in total. The number of pyridine rings is 1. The zero-order valence-corrected chi connectivity index (χ0v) is 21.3. The summed E-state index contributed by atoms with van der Waals surface area (Å²) < 4.78 is 10.8. The fourth-order valence-electron chi connectivity index (χ4n) is 3.44. The van der Waals surface area contributed by atoms with Gasteiger partial charge in [-0.15, -0.1) is 24.0 Å². The molecule has 0 spiro atoms. The molecule has 31 heavy (non-hydrogen) atoms. The van der Waals surface area contributed by atoms with Crippen LogP contribution in [0.15, 0.2) is 41.5 Å². The molecule has 2 heterocycles. The molecule has 0 saturated carbocycles. The zero-order chi connectivity index (χ0) is 21.3. The van der Waals surface area contributed by atoms with Gasteiger partial charge in [0.2, 0.25) is 0 Å². The van der Waals surface area contributed by atoms with E-state index in [1.165, 1.54) is 0 Å². The first-order chi connectivity index (χ1) is 14.6. The predicted molar refractivity (Wildman–Crippen MR) is 137 cm³/mol. The van der Waals surface area contributed by atoms with Gasteiger partial charge in [0.05, 0.1) is 20.8 Å². The first-order valence-electron chi connectivity index (χ1n) is 10.2. The van der Waals surface area contributed by atoms with E-state index in [-0.39, 0.29) is 24.0 Å². The molecule has 170 valence electrons. The second-order valence-electron chi connectivity index (χ2n) is 7.16. The van der Waals surface area contributed by atoms with Crippen molar-refractivity contribution in [1.29, 1.82) is 0 Å². The van der Waals surface area contributed by atoms with Gasteiger partial charge in [-0.25, -0.2) is 9.98 Å². The highest BCUT2D eigenvalue weighted by Gasteiger charge is 2.21. The van der Waals surface area contributed by atoms with E-state index < -0.39 is 0 Å². The van der Waals surface area contributed by atoms with E-state index in [1.807, 2.05) is 12.1 Å². The van der Waals surface area contributed by atoms with Crippen molar-refractivity contribution < 1.29 is 9.47 Å². The number of anilines is 1. The molecule has 0 aliphatic carbocycles. The van der Waals surface area contributed by atoms with Crippen LogP contribution in [0.5, 0.6) is 11.5 Å². The van der Waals surface area contributed by atoms with Gasteiger partial charge < -0.3 is 25.0 Å². The molecule has 1 saturated heterocycles. The summed E-state index contributed by atoms with van der Waals surface area (Å²) in [5.74, 6) is 2.44. The van der Waals surface area contributed by atoms with Gasteiger partial charge in [-0.2, -0.15) is 0 Å². The van der Waals surface area contributed by atoms with Gasteiger partial charge in [0.25, 0.3) is 0 Å². The van der Waals surface area contributed by atoms with Crippen LogP contribution in [-0.4, -0.2) is 50.8 Å². The summed E-state index contributed by atoms with van der Waals surface area (Å²) in [7, 11) is 3.35. The minimum absolute atomic E-state index is 0. The standard InChI is InChI=1S/C22H30ClN5O2.HI/c1-4-24-22(26-15-16-5-6-21(23)25-14-16)27-17-7-9-28(10-8-17)18-11-19(29-2)13-20(12-18)30-3;/h5-6,11-14,17H,4,7-10,15H2,1-3H3,(H2,24,26,27);1H. The molecule has 0 atom stereocenters. The van der Waals surface area contributed by atoms with Crippen LogP contribution in [0.4, 0.5) is 5.69 Å². The maximum Gasteiger partial charge on any atom is 0.191 e. The third-order valence-electron chi connectivity index (χ3n) is 5.09. The summed E-state index contributed by atoms with van der Waals surface area (Å²) >= 11 is 5.85. The molecule has 7 nitrogen and oxygen atoms in total. The number of piperidine rings is 1. The van der Waals surface area contributed by atoms with Crippen LogP contribution < -0.4 is 25.0 Å². The van der Waals surface area contributed by atoms with E-state index in [4.69, 9.17) is 26.1 Å². The molecule has 0 radical (unpaired) electrons. The average Bonchev–Trinajstić information content (AvgIpc) is 2.78. The van der Waals surface area contributed by atoms with E-state index in [0.29, 0.717) is 17.7 Å². The minimum atomic E-state index is 0. The molecule has 1 aromatic heterocycles. The quantitative estimate of drug-likeness (QED) is 0.230. The monoisotopic (exact) mass is 559 g/mol. The number of ether oxygens (including phenoxy) is 2. The Morgan fingerprint density at radius 3 is 2.39 bits per heavy atom. The summed E-state index contributed by atoms with van der Waals surface area (Å²) in [6.07, 6.45) is 3.80. The topological polar surface area (TPSA) is 71.0 Å². The molecule has 3 rings (SSSR count). The summed E-state index contributed by atoms with van der Waals surface area (Å²) in [6, 6.07) is 10.1. The van der Waals surface area contributed by atoms with Gasteiger partial charge in [0, 0.05) is 55.8 Å². The fourth-order valence-corrected chi connectivity index (χ4v) is 3.55. The molecule has 0 amide bonds. The van der Waals surface area contributed by atoms with Crippen LogP contribution in [0, 0.1) is 0 Å². The van der Waals surface area contributed by atoms with E-state index in [9.17, 15) is 0 Å². The number of nitrogens with one attached hydrogen (secondary N) is 2. The molecule has 2 aromatic rings. The van der Waals surface area contributed by atoms with Crippen molar-refractivity contribution in [1.82, 2.24) is 15.6 Å². The summed E-state index contributed by atoms with van der Waals surface area (Å²) in [5.41, 5.74) is 2.15. The molecule has 1 fully saturated rings. The van der Waals surface area contributed by atoms with Crippen molar-refractivity contribution in [3.8, 4) is 11.5 Å². The second-order valence-corrected chi connectivity index (χ2v) is 7.55. The van der Waals surface area contributed by atoms with Crippen molar-refractivity contribution in [3.05, 3.63) is 47.2 Å². The lowest BCUT2D eigenvalue weighted by atomic mass is 10.0. The van der Waals surface area contributed by atoms with Crippen molar-refractivity contribution >= 4 is 47.2 Å². The number of methoxy groups -OCH3 is 2. The van der Waals surface area contributed by atoms with Crippen LogP contribution in [0.25, 0.3) is 0 Å². The molecule has 0 unspecified atom stereocenters. The molecular formula is C22H31ClIN5O2. The number of hydrogen-bond acceptors (Lipinski definition) is 5. The highest BCUT2D eigenvalue weighted by Crippen LogP contribution is 2.30. The van der Waals surface area contributed by atoms with Gasteiger partial charge in [-0.05, 0) is 31.4 Å². The van der Waals surface area contributed by atoms with Crippen molar-refractivity contribution in [2.45, 2.75) is 32.4 Å². The highest BCUT2D eigenvalue weighted by atomic mass is 127. The van der Waals surface area contributed by atoms with Crippen LogP contribution in [0.1, 0.15) is 25.3 Å². The maximum atomic E-state index is 5.85. The van der Waals surface area contributed by atoms with Gasteiger partial charge in [-0.3, -0.25) is 0 Å². The Balaban J connectivity index is 0.00000341. The van der Waals surface area contributed by atoms with Gasteiger partial charge >= 0.3 is 0 Å². The summed E-state index contributed by atoms with van der Waals surface area (Å²) in [6.45, 7) is 5.35. The Kier molecular flexibility index (Phi) is 10.5. The van der Waals surface area contributed by atoms with E-state index in [1.54, 1.807) is 26.5 Å². The molecule has 1 aliphatic heterocycles. The van der Waals surface area contributed by atoms with Gasteiger partial charge in [0.15, 0.2) is 5.96 Å². The van der Waals surface area contributed by atoms with Crippen LogP contribution in [-0.2, 0) is 6.54 Å². The summed E-state index contributed by atoms with van der Waals surface area (Å²) in [5, 5.41) is 7.40. The predicted octanol–water partition coefficient (Wildman–Crippen LogP) is 4.09. The lowest BCUT2D eigenvalue weighted by molar-refractivity contribution is 0.393. The number of guanidine groups is 1. The summed E-state index contributed by atoms with van der Waals surface area (Å²) in [4.78, 5) is 11.2. The fraction of sp³-hybridized carbons (Fsp3) is 0.455. The van der Waals surface area contributed by atoms with Crippen LogP contribution >= 0.6 is 35.6 Å². The molecular weight excluding hydrogens is 529 g/mol. The van der Waals surface area contributed by atoms with Gasteiger partial charge in [-0.1, -0.05) is 17.7 Å². The van der Waals surface area contributed by atoms with Gasteiger partial charge in [0.1, 0.15) is 16.7 Å². The maximum absolute atomic E-state index is 5.85. The number of nitrogens with zero attached hydrogens (tertiary/aromatic N) is 3. The lowest BCUT2D eigenvalue weighted by Gasteiger charge is -2.34. The van der Waals surface area contributed by atoms with Crippen molar-refractivity contribution in [2.24, 2.45) is 4.99 Å². The number of hydrogen-bond donors (Lipinski definition) is 2. The first kappa shape index (κ1) is 25.3. The molecule has 9 heteroatoms. The van der Waals surface area contributed by atoms with E-state index >= 15 is 0 Å². The average molecular weight is 560 g/mol. The SMILES string of the molecule is CCNC(=NCc1ccc(Cl)nc1)NC1CCN(c2cc(OC)cc(OC)c2)CC1.I. The zero-order valence-electron chi connectivity index (χ0n) is 18.2. The Labute approximate surface area is 206 Å². The van der Waals surface area contributed by atoms with E-state index in [0.717, 1.165) is 61.2 Å². The first-order valence-corrected chi connectivity index (χ1v) is 10.6. The van der Waals surface area contributed by atoms with Crippen LogP contribution in [0.3, 0.4) is 0 Å². The number of halogens is 2. The third-order valence-corrected chi connectivity index (χ3v) is 5.31.